The number of aromatic amines is 1. The average Bonchev–Trinajstić information content (AvgIpc) is 3.32. The lowest BCUT2D eigenvalue weighted by molar-refractivity contribution is -0.129. The molecule has 6 rings (SSSR count). The number of para-hydroxylation sites is 3. The molecule has 1 saturated heterocycles. The number of benzene rings is 4. The van der Waals surface area contributed by atoms with Crippen molar-refractivity contribution in [3.05, 3.63) is 132 Å². The van der Waals surface area contributed by atoms with Gasteiger partial charge in [-0.1, -0.05) is 84.9 Å². The van der Waals surface area contributed by atoms with Crippen LogP contribution >= 0.6 is 0 Å². The molecule has 7 heteroatoms. The Balaban J connectivity index is 1.44. The fourth-order valence-electron chi connectivity index (χ4n) is 5.42. The average molecular weight is 541 g/mol. The first-order chi connectivity index (χ1) is 20.0. The quantitative estimate of drug-likeness (QED) is 0.194. The number of nitrogens with one attached hydrogen (secondary N) is 1. The second-order valence-electron chi connectivity index (χ2n) is 9.89. The van der Waals surface area contributed by atoms with E-state index in [9.17, 15) is 14.4 Å². The third-order valence-corrected chi connectivity index (χ3v) is 7.36. The van der Waals surface area contributed by atoms with E-state index in [-0.39, 0.29) is 0 Å². The number of amides is 4. The highest BCUT2D eigenvalue weighted by Crippen LogP contribution is 2.31. The Kier molecular flexibility index (Phi) is 7.00. The Morgan fingerprint density at radius 3 is 1.80 bits per heavy atom. The summed E-state index contributed by atoms with van der Waals surface area (Å²) in [6, 6.07) is 34.0. The van der Waals surface area contributed by atoms with Crippen LogP contribution in [0.1, 0.15) is 16.8 Å². The van der Waals surface area contributed by atoms with Crippen molar-refractivity contribution < 1.29 is 14.4 Å². The Morgan fingerprint density at radius 2 is 1.22 bits per heavy atom. The number of aryl methyl sites for hydroxylation is 1. The topological polar surface area (TPSA) is 85.8 Å². The molecule has 1 aliphatic rings. The Hall–Kier alpha value is -5.30. The van der Waals surface area contributed by atoms with E-state index in [1.165, 1.54) is 0 Å². The maximum Gasteiger partial charge on any atom is 0.342 e. The highest BCUT2D eigenvalue weighted by atomic mass is 16.2. The number of aliphatic imine (C=N–C) groups is 1. The van der Waals surface area contributed by atoms with Crippen molar-refractivity contribution in [3.63, 3.8) is 0 Å². The second-order valence-corrected chi connectivity index (χ2v) is 9.89. The van der Waals surface area contributed by atoms with Crippen LogP contribution in [-0.4, -0.2) is 35.1 Å². The lowest BCUT2D eigenvalue weighted by Crippen LogP contribution is -2.62. The van der Waals surface area contributed by atoms with Crippen LogP contribution in [0, 0.1) is 12.8 Å². The molecular formula is C34H28N4O3. The molecule has 4 amide bonds. The van der Waals surface area contributed by atoms with Crippen LogP contribution in [0.5, 0.6) is 0 Å². The molecule has 0 aliphatic carbocycles. The predicted molar refractivity (Wildman–Crippen MR) is 161 cm³/mol. The molecule has 0 radical (unpaired) electrons. The van der Waals surface area contributed by atoms with Gasteiger partial charge in [-0.05, 0) is 54.8 Å². The number of imide groups is 2. The van der Waals surface area contributed by atoms with E-state index in [1.807, 2.05) is 67.6 Å². The summed E-state index contributed by atoms with van der Waals surface area (Å²) in [5, 5.41) is 1.13. The molecule has 5 aromatic rings. The van der Waals surface area contributed by atoms with Gasteiger partial charge in [-0.3, -0.25) is 14.6 Å². The number of nitrogens with zero attached hydrogens (tertiary/aromatic N) is 3. The minimum Gasteiger partial charge on any atom is -0.358 e. The predicted octanol–water partition coefficient (Wildman–Crippen LogP) is 6.32. The number of hydrogen-bond donors (Lipinski definition) is 1. The van der Waals surface area contributed by atoms with Gasteiger partial charge in [0.1, 0.15) is 0 Å². The molecule has 202 valence electrons. The maximum absolute atomic E-state index is 14.1. The van der Waals surface area contributed by atoms with Gasteiger partial charge >= 0.3 is 6.03 Å². The van der Waals surface area contributed by atoms with E-state index >= 15 is 0 Å². The van der Waals surface area contributed by atoms with Gasteiger partial charge in [0.15, 0.2) is 5.92 Å². The Morgan fingerprint density at radius 1 is 0.707 bits per heavy atom. The molecule has 2 heterocycles. The number of aromatic nitrogens is 1. The molecule has 0 saturated carbocycles. The third kappa shape index (κ3) is 4.82. The van der Waals surface area contributed by atoms with Gasteiger partial charge in [0, 0.05) is 23.1 Å². The molecule has 1 aromatic heterocycles. The lowest BCUT2D eigenvalue weighted by Gasteiger charge is -2.37. The molecule has 0 unspecified atom stereocenters. The molecule has 0 spiro atoms. The monoisotopic (exact) mass is 540 g/mol. The van der Waals surface area contributed by atoms with Crippen molar-refractivity contribution in [2.75, 3.05) is 16.3 Å². The summed E-state index contributed by atoms with van der Waals surface area (Å²) in [5.41, 5.74) is 5.04. The Labute approximate surface area is 237 Å². The van der Waals surface area contributed by atoms with Crippen LogP contribution in [0.3, 0.4) is 0 Å². The summed E-state index contributed by atoms with van der Waals surface area (Å²) in [6.45, 7) is 2.39. The zero-order valence-corrected chi connectivity index (χ0v) is 22.5. The van der Waals surface area contributed by atoms with Gasteiger partial charge in [0.2, 0.25) is 0 Å². The summed E-state index contributed by atoms with van der Waals surface area (Å²) < 4.78 is 0. The summed E-state index contributed by atoms with van der Waals surface area (Å²) in [4.78, 5) is 52.5. The fourth-order valence-corrected chi connectivity index (χ4v) is 5.42. The first-order valence-electron chi connectivity index (χ1n) is 13.5. The largest absolute Gasteiger partial charge is 0.358 e. The van der Waals surface area contributed by atoms with E-state index in [0.29, 0.717) is 35.6 Å². The molecule has 41 heavy (non-hydrogen) atoms. The normalized spacial score (nSPS) is 14.8. The highest BCUT2D eigenvalue weighted by molar-refractivity contribution is 6.43. The summed E-state index contributed by atoms with van der Waals surface area (Å²) in [5.74, 6) is -2.55. The first-order valence-corrected chi connectivity index (χ1v) is 13.5. The fraction of sp³-hybridized carbons (Fsp3) is 0.118. The van der Waals surface area contributed by atoms with Gasteiger partial charge in [-0.2, -0.15) is 0 Å². The van der Waals surface area contributed by atoms with Crippen LogP contribution in [0.4, 0.5) is 16.2 Å². The first kappa shape index (κ1) is 26.0. The zero-order chi connectivity index (χ0) is 28.3. The number of H-pyrrole nitrogens is 1. The number of carbonyl (C=O) groups excluding carboxylic acids is 3. The van der Waals surface area contributed by atoms with Crippen LogP contribution in [0.25, 0.3) is 10.9 Å². The number of carbonyl (C=O) groups is 3. The zero-order valence-electron chi connectivity index (χ0n) is 22.5. The lowest BCUT2D eigenvalue weighted by atomic mass is 9.91. The standard InChI is InChI=1S/C34H28N4O3/c1-23-27(28-19-11-12-20-29(28)36-23)21-22-35-31(24-13-5-2-6-14-24)30-32(39)37(25-15-7-3-8-16-25)34(41)38(33(30)40)26-17-9-4-10-18-26/h2-20,30,36H,21-22H2,1H3. The molecule has 7 nitrogen and oxygen atoms in total. The number of fused-ring (bicyclic) bond motifs is 1. The second kappa shape index (κ2) is 11.1. The number of rotatable bonds is 7. The van der Waals surface area contributed by atoms with Crippen molar-refractivity contribution in [1.82, 2.24) is 4.98 Å². The Bertz CT molecular complexity index is 1700. The van der Waals surface area contributed by atoms with Crippen LogP contribution < -0.4 is 9.80 Å². The summed E-state index contributed by atoms with van der Waals surface area (Å²) in [6.07, 6.45) is 0.616. The van der Waals surface area contributed by atoms with E-state index in [4.69, 9.17) is 4.99 Å². The van der Waals surface area contributed by atoms with Gasteiger partial charge in [-0.15, -0.1) is 0 Å². The van der Waals surface area contributed by atoms with E-state index in [0.717, 1.165) is 32.0 Å². The van der Waals surface area contributed by atoms with E-state index < -0.39 is 23.8 Å². The summed E-state index contributed by atoms with van der Waals surface area (Å²) >= 11 is 0. The minimum atomic E-state index is -1.31. The van der Waals surface area contributed by atoms with Crippen molar-refractivity contribution in [2.45, 2.75) is 13.3 Å². The smallest absolute Gasteiger partial charge is 0.342 e. The summed E-state index contributed by atoms with van der Waals surface area (Å²) in [7, 11) is 0. The molecular weight excluding hydrogens is 512 g/mol. The number of anilines is 2. The van der Waals surface area contributed by atoms with Gasteiger partial charge < -0.3 is 4.98 Å². The molecule has 1 aliphatic heterocycles. The molecule has 1 fully saturated rings. The minimum absolute atomic E-state index is 0.340. The number of barbiturate groups is 1. The third-order valence-electron chi connectivity index (χ3n) is 7.36. The van der Waals surface area contributed by atoms with Crippen molar-refractivity contribution in [1.29, 1.82) is 0 Å². The van der Waals surface area contributed by atoms with Gasteiger partial charge in [-0.25, -0.2) is 14.6 Å². The molecule has 0 bridgehead atoms. The van der Waals surface area contributed by atoms with Crippen LogP contribution in [0.15, 0.2) is 120 Å². The van der Waals surface area contributed by atoms with E-state index in [1.54, 1.807) is 48.5 Å². The SMILES string of the molecule is Cc1[nH]c2ccccc2c1CCN=C(c1ccccc1)C1C(=O)N(c2ccccc2)C(=O)N(c2ccccc2)C1=O. The van der Waals surface area contributed by atoms with Gasteiger partial charge in [0.25, 0.3) is 11.8 Å². The molecule has 4 aromatic carbocycles. The number of hydrogen-bond acceptors (Lipinski definition) is 4. The maximum atomic E-state index is 14.1. The highest BCUT2D eigenvalue weighted by Gasteiger charge is 2.49. The number of urea groups is 1. The van der Waals surface area contributed by atoms with E-state index in [2.05, 4.69) is 11.1 Å². The van der Waals surface area contributed by atoms with Gasteiger partial charge in [0.05, 0.1) is 17.1 Å². The molecule has 1 N–H and O–H groups in total. The van der Waals surface area contributed by atoms with Crippen molar-refractivity contribution in [2.24, 2.45) is 10.9 Å². The van der Waals surface area contributed by atoms with Crippen LogP contribution in [-0.2, 0) is 16.0 Å². The van der Waals surface area contributed by atoms with Crippen molar-refractivity contribution >= 4 is 45.8 Å². The van der Waals surface area contributed by atoms with Crippen molar-refractivity contribution in [3.8, 4) is 0 Å². The van der Waals surface area contributed by atoms with Crippen LogP contribution in [0.2, 0.25) is 0 Å². The molecule has 0 atom stereocenters.